The van der Waals surface area contributed by atoms with Gasteiger partial charge in [-0.05, 0) is 31.0 Å². The number of rotatable bonds is 4. The van der Waals surface area contributed by atoms with E-state index < -0.39 is 0 Å². The predicted molar refractivity (Wildman–Crippen MR) is 71.9 cm³/mol. The Hall–Kier alpha value is -2.43. The lowest BCUT2D eigenvalue weighted by Gasteiger charge is -2.13. The van der Waals surface area contributed by atoms with E-state index in [1.807, 2.05) is 19.1 Å². The van der Waals surface area contributed by atoms with Crippen molar-refractivity contribution in [3.05, 3.63) is 64.3 Å². The fraction of sp³-hybridized carbons (Fsp3) is 0.214. The van der Waals surface area contributed by atoms with Crippen molar-refractivity contribution in [2.75, 3.05) is 0 Å². The Morgan fingerprint density at radius 1 is 1.42 bits per heavy atom. The molecule has 0 saturated carbocycles. The zero-order valence-corrected chi connectivity index (χ0v) is 10.6. The molecule has 1 atom stereocenters. The first kappa shape index (κ1) is 13.0. The van der Waals surface area contributed by atoms with Crippen LogP contribution in [0.25, 0.3) is 0 Å². The van der Waals surface area contributed by atoms with Crippen molar-refractivity contribution in [1.82, 2.24) is 15.3 Å². The third-order valence-electron chi connectivity index (χ3n) is 2.69. The van der Waals surface area contributed by atoms with E-state index >= 15 is 0 Å². The molecule has 2 rings (SSSR count). The average molecular weight is 257 g/mol. The number of hydrogen-bond acceptors (Lipinski definition) is 3. The minimum atomic E-state index is -0.222. The van der Waals surface area contributed by atoms with Crippen LogP contribution in [-0.2, 0) is 6.42 Å². The van der Waals surface area contributed by atoms with E-state index in [9.17, 15) is 9.59 Å². The molecule has 0 unspecified atom stereocenters. The van der Waals surface area contributed by atoms with Crippen LogP contribution in [0.1, 0.15) is 22.8 Å². The molecule has 0 aliphatic rings. The van der Waals surface area contributed by atoms with Crippen LogP contribution in [0.4, 0.5) is 0 Å². The summed E-state index contributed by atoms with van der Waals surface area (Å²) in [5.74, 6) is -0.201. The summed E-state index contributed by atoms with van der Waals surface area (Å²) in [6.45, 7) is 1.93. The van der Waals surface area contributed by atoms with Crippen molar-refractivity contribution >= 4 is 5.91 Å². The molecule has 19 heavy (non-hydrogen) atoms. The lowest BCUT2D eigenvalue weighted by Crippen LogP contribution is -2.34. The fourth-order valence-electron chi connectivity index (χ4n) is 1.78. The molecule has 1 amide bonds. The van der Waals surface area contributed by atoms with Gasteiger partial charge < -0.3 is 10.3 Å². The summed E-state index contributed by atoms with van der Waals surface area (Å²) in [6, 6.07) is 6.66. The number of aromatic amines is 1. The van der Waals surface area contributed by atoms with E-state index in [1.165, 1.54) is 18.3 Å². The average Bonchev–Trinajstić information content (AvgIpc) is 2.40. The maximum absolute atomic E-state index is 11.9. The van der Waals surface area contributed by atoms with Gasteiger partial charge >= 0.3 is 0 Å². The van der Waals surface area contributed by atoms with Crippen LogP contribution in [0.5, 0.6) is 0 Å². The summed E-state index contributed by atoms with van der Waals surface area (Å²) >= 11 is 0. The molecule has 0 aromatic carbocycles. The van der Waals surface area contributed by atoms with Crippen molar-refractivity contribution in [2.45, 2.75) is 19.4 Å². The molecule has 0 spiro atoms. The number of H-pyrrole nitrogens is 1. The topological polar surface area (TPSA) is 74.8 Å². The number of nitrogens with zero attached hydrogens (tertiary/aromatic N) is 1. The number of amides is 1. The molecule has 2 aromatic rings. The first-order valence-electron chi connectivity index (χ1n) is 6.03. The first-order valence-corrected chi connectivity index (χ1v) is 6.03. The summed E-state index contributed by atoms with van der Waals surface area (Å²) in [5.41, 5.74) is 1.29. The molecule has 0 aliphatic carbocycles. The monoisotopic (exact) mass is 257 g/mol. The van der Waals surface area contributed by atoms with Gasteiger partial charge in [-0.2, -0.15) is 0 Å². The summed E-state index contributed by atoms with van der Waals surface area (Å²) in [7, 11) is 0. The Kier molecular flexibility index (Phi) is 4.07. The highest BCUT2D eigenvalue weighted by molar-refractivity contribution is 5.93. The molecule has 5 nitrogen and oxygen atoms in total. The fourth-order valence-corrected chi connectivity index (χ4v) is 1.78. The summed E-state index contributed by atoms with van der Waals surface area (Å²) < 4.78 is 0. The van der Waals surface area contributed by atoms with Crippen molar-refractivity contribution < 1.29 is 4.79 Å². The normalized spacial score (nSPS) is 11.8. The third kappa shape index (κ3) is 3.77. The van der Waals surface area contributed by atoms with Gasteiger partial charge in [-0.1, -0.05) is 6.07 Å². The molecule has 2 heterocycles. The standard InChI is InChI=1S/C14H15N3O2/c1-10(7-11-3-2-6-15-8-11)17-14(19)12-4-5-13(18)16-9-12/h2-6,8-10H,7H2,1H3,(H,16,18)(H,17,19)/t10-/m1/s1. The molecular weight excluding hydrogens is 242 g/mol. The Morgan fingerprint density at radius 2 is 2.26 bits per heavy atom. The largest absolute Gasteiger partial charge is 0.349 e. The molecule has 2 N–H and O–H groups in total. The highest BCUT2D eigenvalue weighted by Crippen LogP contribution is 2.02. The minimum Gasteiger partial charge on any atom is -0.349 e. The minimum absolute atomic E-state index is 0.0105. The van der Waals surface area contributed by atoms with Crippen molar-refractivity contribution in [3.63, 3.8) is 0 Å². The quantitative estimate of drug-likeness (QED) is 0.862. The smallest absolute Gasteiger partial charge is 0.252 e. The van der Waals surface area contributed by atoms with Gasteiger partial charge in [-0.3, -0.25) is 14.6 Å². The number of hydrogen-bond donors (Lipinski definition) is 2. The van der Waals surface area contributed by atoms with Gasteiger partial charge in [0.15, 0.2) is 0 Å². The molecule has 0 radical (unpaired) electrons. The van der Waals surface area contributed by atoms with Gasteiger partial charge in [0.2, 0.25) is 5.56 Å². The van der Waals surface area contributed by atoms with Gasteiger partial charge in [0.05, 0.1) is 5.56 Å². The van der Waals surface area contributed by atoms with E-state index in [0.717, 1.165) is 5.56 Å². The second-order valence-electron chi connectivity index (χ2n) is 4.38. The maximum atomic E-state index is 11.9. The van der Waals surface area contributed by atoms with Crippen LogP contribution in [0.2, 0.25) is 0 Å². The SMILES string of the molecule is C[C@H](Cc1cccnc1)NC(=O)c1ccc(=O)[nH]c1. The van der Waals surface area contributed by atoms with Crippen LogP contribution in [0, 0.1) is 0 Å². The van der Waals surface area contributed by atoms with Gasteiger partial charge in [0.1, 0.15) is 0 Å². The third-order valence-corrected chi connectivity index (χ3v) is 2.69. The molecule has 0 fully saturated rings. The molecule has 0 saturated heterocycles. The Balaban J connectivity index is 1.95. The lowest BCUT2D eigenvalue weighted by atomic mass is 10.1. The predicted octanol–water partition coefficient (Wildman–Crippen LogP) is 1.13. The van der Waals surface area contributed by atoms with E-state index in [-0.39, 0.29) is 17.5 Å². The maximum Gasteiger partial charge on any atom is 0.252 e. The van der Waals surface area contributed by atoms with Crippen LogP contribution < -0.4 is 10.9 Å². The van der Waals surface area contributed by atoms with Crippen molar-refractivity contribution in [2.24, 2.45) is 0 Å². The zero-order valence-electron chi connectivity index (χ0n) is 10.6. The number of carbonyl (C=O) groups excluding carboxylic acids is 1. The zero-order chi connectivity index (χ0) is 13.7. The number of nitrogens with one attached hydrogen (secondary N) is 2. The van der Waals surface area contributed by atoms with Crippen LogP contribution in [0.3, 0.4) is 0 Å². The van der Waals surface area contributed by atoms with E-state index in [2.05, 4.69) is 15.3 Å². The van der Waals surface area contributed by atoms with Gasteiger partial charge in [0, 0.05) is 30.7 Å². The van der Waals surface area contributed by atoms with Crippen LogP contribution >= 0.6 is 0 Å². The second-order valence-corrected chi connectivity index (χ2v) is 4.38. The van der Waals surface area contributed by atoms with E-state index in [4.69, 9.17) is 0 Å². The summed E-state index contributed by atoms with van der Waals surface area (Å²) in [4.78, 5) is 29.3. The molecule has 0 aliphatic heterocycles. The molecule has 2 aromatic heterocycles. The Bertz CT molecular complexity index is 587. The first-order chi connectivity index (χ1) is 9.15. The van der Waals surface area contributed by atoms with Crippen molar-refractivity contribution in [3.8, 4) is 0 Å². The highest BCUT2D eigenvalue weighted by atomic mass is 16.2. The molecule has 5 heteroatoms. The second kappa shape index (κ2) is 5.95. The number of aromatic nitrogens is 2. The Morgan fingerprint density at radius 3 is 2.89 bits per heavy atom. The summed E-state index contributed by atoms with van der Waals surface area (Å²) in [6.07, 6.45) is 5.62. The van der Waals surface area contributed by atoms with Crippen molar-refractivity contribution in [1.29, 1.82) is 0 Å². The van der Waals surface area contributed by atoms with Crippen LogP contribution in [-0.4, -0.2) is 21.9 Å². The number of carbonyl (C=O) groups is 1. The molecule has 98 valence electrons. The molecule has 0 bridgehead atoms. The van der Waals surface area contributed by atoms with Gasteiger partial charge in [-0.25, -0.2) is 0 Å². The van der Waals surface area contributed by atoms with Gasteiger partial charge in [-0.15, -0.1) is 0 Å². The van der Waals surface area contributed by atoms with Gasteiger partial charge in [0.25, 0.3) is 5.91 Å². The van der Waals surface area contributed by atoms with E-state index in [1.54, 1.807) is 12.4 Å². The highest BCUT2D eigenvalue weighted by Gasteiger charge is 2.10. The number of pyridine rings is 2. The Labute approximate surface area is 110 Å². The molecular formula is C14H15N3O2. The van der Waals surface area contributed by atoms with Crippen LogP contribution in [0.15, 0.2) is 47.7 Å². The van der Waals surface area contributed by atoms with E-state index in [0.29, 0.717) is 12.0 Å². The lowest BCUT2D eigenvalue weighted by molar-refractivity contribution is 0.0939. The summed E-state index contributed by atoms with van der Waals surface area (Å²) in [5, 5.41) is 2.88.